The molecule has 0 N–H and O–H groups in total. The molecule has 11 rings (SSSR count). The van der Waals surface area contributed by atoms with Crippen LogP contribution >= 0.6 is 0 Å². The predicted molar refractivity (Wildman–Crippen MR) is 232 cm³/mol. The van der Waals surface area contributed by atoms with Gasteiger partial charge in [0.15, 0.2) is 17.5 Å². The molecule has 0 aliphatic heterocycles. The second-order valence-corrected chi connectivity index (χ2v) is 14.4. The van der Waals surface area contributed by atoms with E-state index in [1.54, 1.807) is 0 Å². The molecule has 56 heavy (non-hydrogen) atoms. The van der Waals surface area contributed by atoms with Crippen LogP contribution < -0.4 is 0 Å². The Balaban J connectivity index is 1.13. The van der Waals surface area contributed by atoms with E-state index in [-0.39, 0.29) is 0 Å². The summed E-state index contributed by atoms with van der Waals surface area (Å²) in [6.45, 7) is 0. The van der Waals surface area contributed by atoms with Gasteiger partial charge in [0.05, 0.1) is 5.52 Å². The summed E-state index contributed by atoms with van der Waals surface area (Å²) in [6.07, 6.45) is 1.86. The molecule has 4 nitrogen and oxygen atoms in total. The lowest BCUT2D eigenvalue weighted by Gasteiger charge is -2.14. The number of para-hydroxylation sites is 1. The SMILES string of the molecule is c1ccc(-c2nc(-c3cc(-c4ccc5cc6ccccc6cc5c4)cc(-c4ccc5cc6ccccc6cc5c4)c3)nc(-c3cnc4ccccc4c3)n2)cc1. The van der Waals surface area contributed by atoms with Crippen molar-refractivity contribution < 1.29 is 0 Å². The fourth-order valence-electron chi connectivity index (χ4n) is 7.87. The topological polar surface area (TPSA) is 51.6 Å². The molecule has 260 valence electrons. The van der Waals surface area contributed by atoms with Gasteiger partial charge >= 0.3 is 0 Å². The van der Waals surface area contributed by atoms with Crippen molar-refractivity contribution in [2.24, 2.45) is 0 Å². The summed E-state index contributed by atoms with van der Waals surface area (Å²) in [4.78, 5) is 20.1. The molecular weight excluding hydrogens is 681 g/mol. The quantitative estimate of drug-likeness (QED) is 0.167. The highest BCUT2D eigenvalue weighted by Gasteiger charge is 2.16. The van der Waals surface area contributed by atoms with E-state index in [0.29, 0.717) is 17.5 Å². The average Bonchev–Trinajstić information content (AvgIpc) is 3.27. The van der Waals surface area contributed by atoms with E-state index in [2.05, 4.69) is 140 Å². The maximum Gasteiger partial charge on any atom is 0.165 e. The van der Waals surface area contributed by atoms with Crippen LogP contribution in [0.3, 0.4) is 0 Å². The van der Waals surface area contributed by atoms with Gasteiger partial charge in [0.2, 0.25) is 0 Å². The summed E-state index contributed by atoms with van der Waals surface area (Å²) in [5.74, 6) is 1.79. The maximum atomic E-state index is 5.18. The standard InChI is InChI=1S/C52H32N4/c1-2-10-33(11-3-1)50-54-51(56-52(55-50)48-28-42-16-8-9-17-49(42)53-32-48)47-30-45(40-20-18-38-22-34-12-4-6-14-36(34)24-43(38)26-40)29-46(31-47)41-21-19-39-23-35-13-5-7-15-37(35)25-44(39)27-41/h1-32H. The number of nitrogens with zero attached hydrogens (tertiary/aromatic N) is 4. The Bertz CT molecular complexity index is 3180. The summed E-state index contributed by atoms with van der Waals surface area (Å²) in [7, 11) is 0. The highest BCUT2D eigenvalue weighted by atomic mass is 15.0. The Labute approximate surface area is 323 Å². The van der Waals surface area contributed by atoms with Crippen LogP contribution in [0, 0.1) is 0 Å². The van der Waals surface area contributed by atoms with E-state index < -0.39 is 0 Å². The van der Waals surface area contributed by atoms with Crippen molar-refractivity contribution in [2.45, 2.75) is 0 Å². The lowest BCUT2D eigenvalue weighted by Crippen LogP contribution is -2.01. The fraction of sp³-hybridized carbons (Fsp3) is 0. The molecule has 0 aliphatic rings. The number of pyridine rings is 1. The molecule has 0 saturated carbocycles. The fourth-order valence-corrected chi connectivity index (χ4v) is 7.87. The highest BCUT2D eigenvalue weighted by molar-refractivity contribution is 6.01. The molecule has 2 heterocycles. The van der Waals surface area contributed by atoms with Gasteiger partial charge < -0.3 is 0 Å². The van der Waals surface area contributed by atoms with Crippen molar-refractivity contribution in [1.82, 2.24) is 19.9 Å². The number of hydrogen-bond donors (Lipinski definition) is 0. The lowest BCUT2D eigenvalue weighted by atomic mass is 9.92. The molecule has 9 aromatic carbocycles. The molecule has 0 unspecified atom stereocenters. The van der Waals surface area contributed by atoms with Crippen molar-refractivity contribution in [3.8, 4) is 56.4 Å². The van der Waals surface area contributed by atoms with Crippen molar-refractivity contribution >= 4 is 54.0 Å². The summed E-state index contributed by atoms with van der Waals surface area (Å²) in [5.41, 5.74) is 8.01. The normalized spacial score (nSPS) is 11.6. The average molecular weight is 713 g/mol. The number of fused-ring (bicyclic) bond motifs is 5. The highest BCUT2D eigenvalue weighted by Crippen LogP contribution is 2.37. The smallest absolute Gasteiger partial charge is 0.165 e. The molecule has 0 atom stereocenters. The van der Waals surface area contributed by atoms with Crippen molar-refractivity contribution in [3.63, 3.8) is 0 Å². The van der Waals surface area contributed by atoms with Gasteiger partial charge in [-0.25, -0.2) is 15.0 Å². The van der Waals surface area contributed by atoms with Gasteiger partial charge in [-0.1, -0.05) is 121 Å². The van der Waals surface area contributed by atoms with E-state index in [1.165, 1.54) is 43.1 Å². The van der Waals surface area contributed by atoms with Crippen LogP contribution in [0.2, 0.25) is 0 Å². The molecule has 11 aromatic rings. The van der Waals surface area contributed by atoms with Crippen LogP contribution in [-0.4, -0.2) is 19.9 Å². The monoisotopic (exact) mass is 712 g/mol. The third-order valence-corrected chi connectivity index (χ3v) is 10.8. The minimum absolute atomic E-state index is 0.578. The Kier molecular flexibility index (Phi) is 7.46. The molecule has 0 bridgehead atoms. The zero-order valence-electron chi connectivity index (χ0n) is 30.3. The second kappa shape index (κ2) is 13.1. The van der Waals surface area contributed by atoms with Crippen molar-refractivity contribution in [3.05, 3.63) is 194 Å². The van der Waals surface area contributed by atoms with Gasteiger partial charge in [-0.05, 0) is 132 Å². The summed E-state index contributed by atoms with van der Waals surface area (Å²) < 4.78 is 0. The maximum absolute atomic E-state index is 5.18. The number of benzene rings is 9. The Morgan fingerprint density at radius 1 is 0.232 bits per heavy atom. The van der Waals surface area contributed by atoms with Crippen LogP contribution in [0.15, 0.2) is 194 Å². The first-order valence-corrected chi connectivity index (χ1v) is 18.8. The molecule has 0 amide bonds. The molecule has 0 radical (unpaired) electrons. The third kappa shape index (κ3) is 5.81. The summed E-state index contributed by atoms with van der Waals surface area (Å²) in [6, 6.07) is 66.8. The first-order chi connectivity index (χ1) is 27.7. The predicted octanol–water partition coefficient (Wildman–Crippen LogP) is 13.4. The molecule has 0 aliphatic carbocycles. The first kappa shape index (κ1) is 31.9. The van der Waals surface area contributed by atoms with Gasteiger partial charge in [-0.15, -0.1) is 0 Å². The van der Waals surface area contributed by atoms with Gasteiger partial charge in [0.25, 0.3) is 0 Å². The molecular formula is C52H32N4. The Morgan fingerprint density at radius 2 is 0.643 bits per heavy atom. The van der Waals surface area contributed by atoms with Gasteiger partial charge in [0, 0.05) is 28.3 Å². The van der Waals surface area contributed by atoms with Crippen LogP contribution in [0.25, 0.3) is 110 Å². The van der Waals surface area contributed by atoms with E-state index in [1.807, 2.05) is 54.7 Å². The van der Waals surface area contributed by atoms with Crippen LogP contribution in [0.1, 0.15) is 0 Å². The molecule has 2 aromatic heterocycles. The van der Waals surface area contributed by atoms with Crippen LogP contribution in [-0.2, 0) is 0 Å². The Morgan fingerprint density at radius 3 is 1.21 bits per heavy atom. The molecule has 0 fully saturated rings. The van der Waals surface area contributed by atoms with E-state index in [0.717, 1.165) is 49.8 Å². The molecule has 0 spiro atoms. The Hall–Kier alpha value is -7.56. The van der Waals surface area contributed by atoms with Gasteiger partial charge in [-0.2, -0.15) is 0 Å². The minimum atomic E-state index is 0.578. The van der Waals surface area contributed by atoms with E-state index >= 15 is 0 Å². The van der Waals surface area contributed by atoms with E-state index in [9.17, 15) is 0 Å². The number of aromatic nitrogens is 4. The second-order valence-electron chi connectivity index (χ2n) is 14.4. The molecule has 4 heteroatoms. The van der Waals surface area contributed by atoms with Gasteiger partial charge in [-0.3, -0.25) is 4.98 Å². The zero-order chi connectivity index (χ0) is 37.0. The van der Waals surface area contributed by atoms with Crippen molar-refractivity contribution in [1.29, 1.82) is 0 Å². The largest absolute Gasteiger partial charge is 0.255 e. The first-order valence-electron chi connectivity index (χ1n) is 18.8. The number of hydrogen-bond acceptors (Lipinski definition) is 4. The van der Waals surface area contributed by atoms with E-state index in [4.69, 9.17) is 19.9 Å². The minimum Gasteiger partial charge on any atom is -0.255 e. The van der Waals surface area contributed by atoms with Crippen LogP contribution in [0.5, 0.6) is 0 Å². The molecule has 0 saturated heterocycles. The number of rotatable bonds is 5. The van der Waals surface area contributed by atoms with Gasteiger partial charge in [0.1, 0.15) is 0 Å². The zero-order valence-corrected chi connectivity index (χ0v) is 30.3. The van der Waals surface area contributed by atoms with Crippen molar-refractivity contribution in [2.75, 3.05) is 0 Å². The third-order valence-electron chi connectivity index (χ3n) is 10.8. The summed E-state index contributed by atoms with van der Waals surface area (Å²) >= 11 is 0. The van der Waals surface area contributed by atoms with Crippen LogP contribution in [0.4, 0.5) is 0 Å². The summed E-state index contributed by atoms with van der Waals surface area (Å²) in [5, 5.41) is 10.8. The lowest BCUT2D eigenvalue weighted by molar-refractivity contribution is 1.07.